The summed E-state index contributed by atoms with van der Waals surface area (Å²) in [6, 6.07) is 3.70. The fourth-order valence-electron chi connectivity index (χ4n) is 3.99. The number of hydrogen-bond donors (Lipinski definition) is 0. The van der Waals surface area contributed by atoms with Crippen LogP contribution in [0.4, 0.5) is 4.39 Å². The molecule has 5 heteroatoms. The van der Waals surface area contributed by atoms with Gasteiger partial charge in [0.1, 0.15) is 5.82 Å². The monoisotopic (exact) mass is 335 g/mol. The molecule has 4 nitrogen and oxygen atoms in total. The molecule has 1 aromatic rings. The summed E-state index contributed by atoms with van der Waals surface area (Å²) in [5, 5.41) is 0. The summed E-state index contributed by atoms with van der Waals surface area (Å²) < 4.78 is 20.1. The van der Waals surface area contributed by atoms with E-state index in [-0.39, 0.29) is 11.4 Å². The third-order valence-electron chi connectivity index (χ3n) is 5.43. The van der Waals surface area contributed by atoms with Crippen molar-refractivity contribution in [2.45, 2.75) is 57.8 Å². The normalized spacial score (nSPS) is 25.5. The van der Waals surface area contributed by atoms with Crippen LogP contribution in [0.2, 0.25) is 0 Å². The van der Waals surface area contributed by atoms with Gasteiger partial charge < -0.3 is 9.64 Å². The van der Waals surface area contributed by atoms with Crippen molar-refractivity contribution in [2.24, 2.45) is 0 Å². The number of pyridine rings is 1. The molecule has 0 amide bonds. The van der Waals surface area contributed by atoms with Crippen LogP contribution in [0.5, 0.6) is 0 Å². The zero-order valence-corrected chi connectivity index (χ0v) is 15.2. The molecule has 0 bridgehead atoms. The molecule has 0 aromatic carbocycles. The molecule has 0 aliphatic carbocycles. The van der Waals surface area contributed by atoms with E-state index < -0.39 is 0 Å². The fraction of sp³-hybridized carbons (Fsp3) is 0.737. The standard InChI is InChI=1S/C19H30FN3O/c1-15(2)23-13-16(3)24-19(14-23)7-11-22(12-8-19)10-6-18-17(20)5-4-9-21-18/h4-5,9,15-16H,6-8,10-14H2,1-3H3/t16-/m1/s1. The average Bonchev–Trinajstić information content (AvgIpc) is 2.55. The Morgan fingerprint density at radius 2 is 2.12 bits per heavy atom. The topological polar surface area (TPSA) is 28.6 Å². The molecular weight excluding hydrogens is 305 g/mol. The molecule has 2 fully saturated rings. The molecule has 0 saturated carbocycles. The van der Waals surface area contributed by atoms with Crippen molar-refractivity contribution in [3.05, 3.63) is 29.8 Å². The highest BCUT2D eigenvalue weighted by Gasteiger charge is 2.42. The van der Waals surface area contributed by atoms with Gasteiger partial charge in [-0.25, -0.2) is 4.39 Å². The zero-order chi connectivity index (χ0) is 17.2. The lowest BCUT2D eigenvalue weighted by Crippen LogP contribution is -2.60. The van der Waals surface area contributed by atoms with Gasteiger partial charge in [0.25, 0.3) is 0 Å². The largest absolute Gasteiger partial charge is 0.369 e. The molecular formula is C19H30FN3O. The Morgan fingerprint density at radius 1 is 1.38 bits per heavy atom. The molecule has 3 rings (SSSR count). The predicted molar refractivity (Wildman–Crippen MR) is 93.6 cm³/mol. The van der Waals surface area contributed by atoms with E-state index in [1.807, 2.05) is 0 Å². The molecule has 2 aliphatic rings. The highest BCUT2D eigenvalue weighted by Crippen LogP contribution is 2.33. The molecule has 2 saturated heterocycles. The maximum atomic E-state index is 13.7. The number of piperidine rings is 1. The van der Waals surface area contributed by atoms with E-state index in [1.165, 1.54) is 6.07 Å². The second-order valence-corrected chi connectivity index (χ2v) is 7.66. The number of rotatable bonds is 4. The third kappa shape index (κ3) is 4.13. The summed E-state index contributed by atoms with van der Waals surface area (Å²) in [5.41, 5.74) is 0.584. The first-order valence-corrected chi connectivity index (χ1v) is 9.21. The van der Waals surface area contributed by atoms with Crippen LogP contribution in [0.3, 0.4) is 0 Å². The Bertz CT molecular complexity index is 543. The highest BCUT2D eigenvalue weighted by atomic mass is 19.1. The molecule has 1 atom stereocenters. The van der Waals surface area contributed by atoms with Gasteiger partial charge in [-0.1, -0.05) is 0 Å². The summed E-state index contributed by atoms with van der Waals surface area (Å²) in [7, 11) is 0. The second-order valence-electron chi connectivity index (χ2n) is 7.66. The van der Waals surface area contributed by atoms with Crippen LogP contribution in [0.25, 0.3) is 0 Å². The minimum Gasteiger partial charge on any atom is -0.369 e. The van der Waals surface area contributed by atoms with Gasteiger partial charge in [-0.2, -0.15) is 0 Å². The van der Waals surface area contributed by atoms with Crippen LogP contribution >= 0.6 is 0 Å². The maximum absolute atomic E-state index is 13.7. The molecule has 0 radical (unpaired) electrons. The van der Waals surface area contributed by atoms with Gasteiger partial charge in [0.15, 0.2) is 0 Å². The van der Waals surface area contributed by atoms with E-state index in [4.69, 9.17) is 4.74 Å². The van der Waals surface area contributed by atoms with Gasteiger partial charge in [-0.15, -0.1) is 0 Å². The van der Waals surface area contributed by atoms with Gasteiger partial charge in [0, 0.05) is 51.4 Å². The lowest BCUT2D eigenvalue weighted by Gasteiger charge is -2.50. The van der Waals surface area contributed by atoms with Crippen molar-refractivity contribution in [3.8, 4) is 0 Å². The number of hydrogen-bond acceptors (Lipinski definition) is 4. The number of nitrogens with zero attached hydrogens (tertiary/aromatic N) is 3. The predicted octanol–water partition coefficient (Wildman–Crippen LogP) is 2.73. The van der Waals surface area contributed by atoms with E-state index >= 15 is 0 Å². The maximum Gasteiger partial charge on any atom is 0.144 e. The van der Waals surface area contributed by atoms with Crippen molar-refractivity contribution in [1.82, 2.24) is 14.8 Å². The molecule has 1 spiro atoms. The SMILES string of the molecule is CC(C)N1C[C@@H](C)OC2(CCN(CCc3ncccc3F)CC2)C1. The van der Waals surface area contributed by atoms with Gasteiger partial charge >= 0.3 is 0 Å². The Hall–Kier alpha value is -1.04. The lowest BCUT2D eigenvalue weighted by molar-refractivity contribution is -0.174. The van der Waals surface area contributed by atoms with Crippen molar-refractivity contribution in [2.75, 3.05) is 32.7 Å². The highest BCUT2D eigenvalue weighted by molar-refractivity contribution is 5.07. The van der Waals surface area contributed by atoms with Crippen LogP contribution in [-0.2, 0) is 11.2 Å². The van der Waals surface area contributed by atoms with Crippen molar-refractivity contribution < 1.29 is 9.13 Å². The van der Waals surface area contributed by atoms with Gasteiger partial charge in [0.05, 0.1) is 17.4 Å². The van der Waals surface area contributed by atoms with Crippen LogP contribution in [-0.4, -0.2) is 65.3 Å². The summed E-state index contributed by atoms with van der Waals surface area (Å²) in [4.78, 5) is 9.12. The minimum atomic E-state index is -0.192. The average molecular weight is 335 g/mol. The molecule has 0 unspecified atom stereocenters. The van der Waals surface area contributed by atoms with Crippen molar-refractivity contribution in [1.29, 1.82) is 0 Å². The Kier molecular flexibility index (Phi) is 5.52. The van der Waals surface area contributed by atoms with Crippen LogP contribution in [0, 0.1) is 5.82 Å². The Balaban J connectivity index is 1.52. The van der Waals surface area contributed by atoms with Gasteiger partial charge in [-0.05, 0) is 45.7 Å². The number of likely N-dealkylation sites (tertiary alicyclic amines) is 1. The molecule has 24 heavy (non-hydrogen) atoms. The number of ether oxygens (including phenoxy) is 1. The number of halogens is 1. The molecule has 134 valence electrons. The summed E-state index contributed by atoms with van der Waals surface area (Å²) in [6.07, 6.45) is 4.77. The molecule has 2 aliphatic heterocycles. The molecule has 3 heterocycles. The Labute approximate surface area is 145 Å². The lowest BCUT2D eigenvalue weighted by atomic mass is 9.88. The first kappa shape index (κ1) is 17.8. The van der Waals surface area contributed by atoms with E-state index in [9.17, 15) is 4.39 Å². The number of aromatic nitrogens is 1. The minimum absolute atomic E-state index is 0.00861. The molecule has 1 aromatic heterocycles. The van der Waals surface area contributed by atoms with Crippen LogP contribution < -0.4 is 0 Å². The van der Waals surface area contributed by atoms with Gasteiger partial charge in [0.2, 0.25) is 0 Å². The van der Waals surface area contributed by atoms with Crippen molar-refractivity contribution in [3.63, 3.8) is 0 Å². The Morgan fingerprint density at radius 3 is 2.79 bits per heavy atom. The van der Waals surface area contributed by atoms with E-state index in [0.717, 1.165) is 45.6 Å². The van der Waals surface area contributed by atoms with Gasteiger partial charge in [-0.3, -0.25) is 9.88 Å². The number of morpholine rings is 1. The zero-order valence-electron chi connectivity index (χ0n) is 15.2. The third-order valence-corrected chi connectivity index (χ3v) is 5.43. The second kappa shape index (κ2) is 7.46. The van der Waals surface area contributed by atoms with E-state index in [2.05, 4.69) is 35.6 Å². The van der Waals surface area contributed by atoms with E-state index in [0.29, 0.717) is 24.3 Å². The van der Waals surface area contributed by atoms with E-state index in [1.54, 1.807) is 12.3 Å². The van der Waals surface area contributed by atoms with Crippen molar-refractivity contribution >= 4 is 0 Å². The summed E-state index contributed by atoms with van der Waals surface area (Å²) in [5.74, 6) is -0.192. The first-order valence-electron chi connectivity index (χ1n) is 9.21. The molecule has 0 N–H and O–H groups in total. The summed E-state index contributed by atoms with van der Waals surface area (Å²) in [6.45, 7) is 11.7. The van der Waals surface area contributed by atoms with Crippen LogP contribution in [0.15, 0.2) is 18.3 Å². The summed E-state index contributed by atoms with van der Waals surface area (Å²) >= 11 is 0. The quantitative estimate of drug-likeness (QED) is 0.846. The van der Waals surface area contributed by atoms with Crippen LogP contribution in [0.1, 0.15) is 39.3 Å². The first-order chi connectivity index (χ1) is 11.5. The fourth-order valence-corrected chi connectivity index (χ4v) is 3.99. The smallest absolute Gasteiger partial charge is 0.144 e.